The Morgan fingerprint density at radius 2 is 1.96 bits per heavy atom. The first-order chi connectivity index (χ1) is 11.6. The second-order valence-electron chi connectivity index (χ2n) is 5.41. The van der Waals surface area contributed by atoms with Gasteiger partial charge in [-0.2, -0.15) is 5.10 Å². The molecule has 0 atom stereocenters. The van der Waals surface area contributed by atoms with Gasteiger partial charge in [0.25, 0.3) is 5.91 Å². The van der Waals surface area contributed by atoms with Crippen molar-refractivity contribution in [3.8, 4) is 11.4 Å². The molecule has 0 aliphatic rings. The summed E-state index contributed by atoms with van der Waals surface area (Å²) in [5.41, 5.74) is 1.42. The fourth-order valence-corrected chi connectivity index (χ4v) is 2.34. The second-order valence-corrected chi connectivity index (χ2v) is 5.41. The molecule has 122 valence electrons. The van der Waals surface area contributed by atoms with Crippen LogP contribution in [0.4, 0.5) is 4.39 Å². The third kappa shape index (κ3) is 3.48. The molecular weight excluding hydrogens is 307 g/mol. The number of H-pyrrole nitrogens is 1. The Balaban J connectivity index is 1.58. The number of halogens is 1. The molecule has 1 aromatic heterocycles. The number of hydrogen-bond donors (Lipinski definition) is 2. The molecule has 6 heteroatoms. The average Bonchev–Trinajstić information content (AvgIpc) is 3.07. The van der Waals surface area contributed by atoms with E-state index in [4.69, 9.17) is 0 Å². The molecule has 0 bridgehead atoms. The van der Waals surface area contributed by atoms with Gasteiger partial charge in [0, 0.05) is 18.5 Å². The number of aromatic nitrogens is 3. The van der Waals surface area contributed by atoms with Gasteiger partial charge < -0.3 is 5.32 Å². The van der Waals surface area contributed by atoms with E-state index in [1.807, 2.05) is 30.3 Å². The summed E-state index contributed by atoms with van der Waals surface area (Å²) < 4.78 is 13.9. The predicted molar refractivity (Wildman–Crippen MR) is 89.0 cm³/mol. The Bertz CT molecular complexity index is 845. The summed E-state index contributed by atoms with van der Waals surface area (Å²) in [4.78, 5) is 16.4. The maximum absolute atomic E-state index is 13.9. The zero-order valence-corrected chi connectivity index (χ0v) is 13.2. The van der Waals surface area contributed by atoms with Crippen LogP contribution in [0.3, 0.4) is 0 Å². The zero-order chi connectivity index (χ0) is 16.9. The smallest absolute Gasteiger partial charge is 0.254 e. The van der Waals surface area contributed by atoms with Crippen LogP contribution in [-0.2, 0) is 6.42 Å². The number of nitrogens with zero attached hydrogens (tertiary/aromatic N) is 2. The molecule has 0 aliphatic heterocycles. The number of aryl methyl sites for hydroxylation is 1. The quantitative estimate of drug-likeness (QED) is 0.758. The third-order valence-corrected chi connectivity index (χ3v) is 3.65. The fourth-order valence-electron chi connectivity index (χ4n) is 2.34. The van der Waals surface area contributed by atoms with Crippen LogP contribution in [0.1, 0.15) is 21.7 Å². The third-order valence-electron chi connectivity index (χ3n) is 3.65. The Labute approximate surface area is 138 Å². The van der Waals surface area contributed by atoms with Crippen LogP contribution in [0.5, 0.6) is 0 Å². The molecule has 2 aromatic carbocycles. The molecule has 3 aromatic rings. The van der Waals surface area contributed by atoms with E-state index >= 15 is 0 Å². The van der Waals surface area contributed by atoms with Gasteiger partial charge in [0.2, 0.25) is 0 Å². The van der Waals surface area contributed by atoms with E-state index in [9.17, 15) is 9.18 Å². The van der Waals surface area contributed by atoms with E-state index in [1.54, 1.807) is 19.1 Å². The van der Waals surface area contributed by atoms with Crippen molar-refractivity contribution in [1.29, 1.82) is 0 Å². The number of carbonyl (C=O) groups excluding carboxylic acids is 1. The van der Waals surface area contributed by atoms with Gasteiger partial charge in [0.1, 0.15) is 11.6 Å². The van der Waals surface area contributed by atoms with Crippen molar-refractivity contribution in [2.75, 3.05) is 6.54 Å². The van der Waals surface area contributed by atoms with Crippen LogP contribution in [0, 0.1) is 12.7 Å². The molecule has 3 rings (SSSR count). The summed E-state index contributed by atoms with van der Waals surface area (Å²) in [6, 6.07) is 14.4. The lowest BCUT2D eigenvalue weighted by atomic mass is 10.1. The second kappa shape index (κ2) is 7.04. The molecular formula is C18H17FN4O. The van der Waals surface area contributed by atoms with Crippen LogP contribution in [-0.4, -0.2) is 27.6 Å². The molecule has 0 radical (unpaired) electrons. The standard InChI is InChI=1S/C18H17FN4O/c1-12-6-5-9-14(16(12)19)18(24)20-11-10-15-21-17(23-22-15)13-7-3-2-4-8-13/h2-9H,10-11H2,1H3,(H,20,24)(H,21,22,23). The van der Waals surface area contributed by atoms with Crippen molar-refractivity contribution in [2.24, 2.45) is 0 Å². The van der Waals surface area contributed by atoms with Crippen molar-refractivity contribution in [1.82, 2.24) is 20.5 Å². The lowest BCUT2D eigenvalue weighted by molar-refractivity contribution is 0.0950. The Hall–Kier alpha value is -3.02. The molecule has 0 fully saturated rings. The van der Waals surface area contributed by atoms with E-state index in [0.717, 1.165) is 5.56 Å². The van der Waals surface area contributed by atoms with E-state index in [1.165, 1.54) is 6.07 Å². The highest BCUT2D eigenvalue weighted by Crippen LogP contribution is 2.14. The molecule has 5 nitrogen and oxygen atoms in total. The van der Waals surface area contributed by atoms with Crippen LogP contribution in [0.15, 0.2) is 48.5 Å². The summed E-state index contributed by atoms with van der Waals surface area (Å²) in [6.07, 6.45) is 0.485. The lowest BCUT2D eigenvalue weighted by Crippen LogP contribution is -2.27. The number of carbonyl (C=O) groups is 1. The van der Waals surface area contributed by atoms with E-state index in [2.05, 4.69) is 20.5 Å². The number of rotatable bonds is 5. The van der Waals surface area contributed by atoms with Crippen LogP contribution < -0.4 is 5.32 Å². The molecule has 0 saturated carbocycles. The van der Waals surface area contributed by atoms with Gasteiger partial charge in [-0.15, -0.1) is 0 Å². The Kier molecular flexibility index (Phi) is 4.65. The van der Waals surface area contributed by atoms with Gasteiger partial charge in [-0.25, -0.2) is 9.37 Å². The number of nitrogens with one attached hydrogen (secondary N) is 2. The van der Waals surface area contributed by atoms with Crippen molar-refractivity contribution in [3.63, 3.8) is 0 Å². The van der Waals surface area contributed by atoms with Crippen molar-refractivity contribution < 1.29 is 9.18 Å². The first kappa shape index (κ1) is 15.9. The SMILES string of the molecule is Cc1cccc(C(=O)NCCc2nc(-c3ccccc3)n[nH]2)c1F. The minimum Gasteiger partial charge on any atom is -0.351 e. The van der Waals surface area contributed by atoms with Gasteiger partial charge in [0.05, 0.1) is 5.56 Å². The van der Waals surface area contributed by atoms with Gasteiger partial charge in [-0.1, -0.05) is 42.5 Å². The Morgan fingerprint density at radius 1 is 1.17 bits per heavy atom. The molecule has 1 heterocycles. The van der Waals surface area contributed by atoms with E-state index < -0.39 is 11.7 Å². The Morgan fingerprint density at radius 3 is 2.75 bits per heavy atom. The highest BCUT2D eigenvalue weighted by atomic mass is 19.1. The van der Waals surface area contributed by atoms with Crippen molar-refractivity contribution >= 4 is 5.91 Å². The van der Waals surface area contributed by atoms with Crippen molar-refractivity contribution in [3.05, 3.63) is 71.3 Å². The highest BCUT2D eigenvalue weighted by molar-refractivity contribution is 5.94. The number of hydrogen-bond acceptors (Lipinski definition) is 3. The molecule has 0 saturated heterocycles. The lowest BCUT2D eigenvalue weighted by Gasteiger charge is -2.06. The minimum atomic E-state index is -0.485. The molecule has 0 unspecified atom stereocenters. The van der Waals surface area contributed by atoms with E-state index in [-0.39, 0.29) is 5.56 Å². The predicted octanol–water partition coefficient (Wildman–Crippen LogP) is 2.89. The molecule has 1 amide bonds. The summed E-state index contributed by atoms with van der Waals surface area (Å²) >= 11 is 0. The topological polar surface area (TPSA) is 70.7 Å². The van der Waals surface area contributed by atoms with Crippen LogP contribution in [0.2, 0.25) is 0 Å². The summed E-state index contributed by atoms with van der Waals surface area (Å²) in [6.45, 7) is 1.97. The van der Waals surface area contributed by atoms with Gasteiger partial charge >= 0.3 is 0 Å². The fraction of sp³-hybridized carbons (Fsp3) is 0.167. The highest BCUT2D eigenvalue weighted by Gasteiger charge is 2.13. The maximum atomic E-state index is 13.9. The first-order valence-electron chi connectivity index (χ1n) is 7.65. The van der Waals surface area contributed by atoms with E-state index in [0.29, 0.717) is 30.2 Å². The van der Waals surface area contributed by atoms with Crippen LogP contribution in [0.25, 0.3) is 11.4 Å². The summed E-state index contributed by atoms with van der Waals surface area (Å²) in [7, 11) is 0. The molecule has 2 N–H and O–H groups in total. The average molecular weight is 324 g/mol. The number of benzene rings is 2. The zero-order valence-electron chi connectivity index (χ0n) is 13.2. The molecule has 0 aliphatic carbocycles. The number of amides is 1. The molecule has 24 heavy (non-hydrogen) atoms. The van der Waals surface area contributed by atoms with Gasteiger partial charge in [-0.3, -0.25) is 9.89 Å². The monoisotopic (exact) mass is 324 g/mol. The first-order valence-corrected chi connectivity index (χ1v) is 7.65. The normalized spacial score (nSPS) is 10.6. The van der Waals surface area contributed by atoms with Gasteiger partial charge in [0.15, 0.2) is 5.82 Å². The van der Waals surface area contributed by atoms with Crippen LogP contribution >= 0.6 is 0 Å². The van der Waals surface area contributed by atoms with Gasteiger partial charge in [-0.05, 0) is 18.6 Å². The summed E-state index contributed by atoms with van der Waals surface area (Å²) in [5.74, 6) is 0.362. The summed E-state index contributed by atoms with van der Waals surface area (Å²) in [5, 5.41) is 9.71. The van der Waals surface area contributed by atoms with Crippen molar-refractivity contribution in [2.45, 2.75) is 13.3 Å². The minimum absolute atomic E-state index is 0.0533. The number of aromatic amines is 1. The molecule has 0 spiro atoms. The largest absolute Gasteiger partial charge is 0.351 e. The maximum Gasteiger partial charge on any atom is 0.254 e.